The first-order valence-corrected chi connectivity index (χ1v) is 6.78. The van der Waals surface area contributed by atoms with Crippen LogP contribution in [0.3, 0.4) is 0 Å². The molecule has 0 amide bonds. The minimum absolute atomic E-state index is 0.0176. The lowest BCUT2D eigenvalue weighted by atomic mass is 10.0. The lowest BCUT2D eigenvalue weighted by molar-refractivity contribution is -0.139. The molecule has 0 heterocycles. The van der Waals surface area contributed by atoms with Crippen molar-refractivity contribution in [2.45, 2.75) is 32.9 Å². The van der Waals surface area contributed by atoms with E-state index in [0.29, 0.717) is 11.6 Å². The monoisotopic (exact) mass is 333 g/mol. The van der Waals surface area contributed by atoms with Crippen molar-refractivity contribution in [2.24, 2.45) is 0 Å². The van der Waals surface area contributed by atoms with Crippen LogP contribution in [0, 0.1) is 0 Å². The molecule has 5 heteroatoms. The van der Waals surface area contributed by atoms with Crippen LogP contribution in [0.25, 0.3) is 0 Å². The molecule has 100 valence electrons. The zero-order valence-electron chi connectivity index (χ0n) is 10.7. The normalized spacial score (nSPS) is 11.9. The Hall–Kier alpha value is -0.580. The van der Waals surface area contributed by atoms with Gasteiger partial charge >= 0.3 is 5.97 Å². The average Bonchev–Trinajstić information content (AvgIpc) is 2.20. The molecule has 0 atom stereocenters. The molecule has 0 aliphatic heterocycles. The van der Waals surface area contributed by atoms with E-state index < -0.39 is 5.97 Å². The first-order valence-electron chi connectivity index (χ1n) is 5.61. The SMILES string of the molecule is CC(C)(C)N(CC(=O)O)Cc1ccc(Cl)c(Br)c1. The number of hydrogen-bond acceptors (Lipinski definition) is 2. The lowest BCUT2D eigenvalue weighted by Gasteiger charge is -2.34. The quantitative estimate of drug-likeness (QED) is 0.911. The predicted octanol–water partition coefficient (Wildman–Crippen LogP) is 3.79. The molecule has 0 saturated carbocycles. The van der Waals surface area contributed by atoms with Gasteiger partial charge in [-0.25, -0.2) is 0 Å². The molecule has 0 unspecified atom stereocenters. The van der Waals surface area contributed by atoms with Crippen molar-refractivity contribution in [3.8, 4) is 0 Å². The summed E-state index contributed by atoms with van der Waals surface area (Å²) in [5, 5.41) is 9.60. The van der Waals surface area contributed by atoms with Crippen molar-refractivity contribution in [1.29, 1.82) is 0 Å². The third-order valence-corrected chi connectivity index (χ3v) is 3.85. The second-order valence-corrected chi connectivity index (χ2v) is 6.43. The molecule has 3 nitrogen and oxygen atoms in total. The van der Waals surface area contributed by atoms with Gasteiger partial charge in [0.1, 0.15) is 0 Å². The minimum Gasteiger partial charge on any atom is -0.480 e. The van der Waals surface area contributed by atoms with Crippen LogP contribution in [-0.4, -0.2) is 28.1 Å². The molecular weight excluding hydrogens is 318 g/mol. The van der Waals surface area contributed by atoms with Gasteiger partial charge in [-0.2, -0.15) is 0 Å². The summed E-state index contributed by atoms with van der Waals surface area (Å²) < 4.78 is 0.825. The largest absolute Gasteiger partial charge is 0.480 e. The standard InChI is InChI=1S/C13H17BrClNO2/c1-13(2,3)16(8-12(17)18)7-9-4-5-11(15)10(14)6-9/h4-6H,7-8H2,1-3H3,(H,17,18). The topological polar surface area (TPSA) is 40.5 Å². The molecule has 0 radical (unpaired) electrons. The molecule has 0 bridgehead atoms. The summed E-state index contributed by atoms with van der Waals surface area (Å²) in [5.41, 5.74) is 0.826. The van der Waals surface area contributed by atoms with Crippen molar-refractivity contribution < 1.29 is 9.90 Å². The van der Waals surface area contributed by atoms with Gasteiger partial charge in [-0.05, 0) is 54.4 Å². The smallest absolute Gasteiger partial charge is 0.317 e. The zero-order chi connectivity index (χ0) is 13.9. The fourth-order valence-corrected chi connectivity index (χ4v) is 2.10. The van der Waals surface area contributed by atoms with E-state index in [9.17, 15) is 4.79 Å². The molecule has 0 spiro atoms. The van der Waals surface area contributed by atoms with Gasteiger partial charge < -0.3 is 5.11 Å². The highest BCUT2D eigenvalue weighted by Crippen LogP contribution is 2.25. The van der Waals surface area contributed by atoms with Crippen LogP contribution >= 0.6 is 27.5 Å². The van der Waals surface area contributed by atoms with Crippen LogP contribution in [0.2, 0.25) is 5.02 Å². The number of benzene rings is 1. The molecular formula is C13H17BrClNO2. The van der Waals surface area contributed by atoms with Crippen molar-refractivity contribution in [2.75, 3.05) is 6.54 Å². The second-order valence-electron chi connectivity index (χ2n) is 5.17. The minimum atomic E-state index is -0.821. The van der Waals surface area contributed by atoms with Gasteiger partial charge in [0, 0.05) is 16.6 Å². The van der Waals surface area contributed by atoms with Crippen molar-refractivity contribution >= 4 is 33.5 Å². The van der Waals surface area contributed by atoms with E-state index in [1.807, 2.05) is 43.9 Å². The maximum absolute atomic E-state index is 10.9. The number of aliphatic carboxylic acids is 1. The van der Waals surface area contributed by atoms with Gasteiger partial charge in [0.2, 0.25) is 0 Å². The van der Waals surface area contributed by atoms with Gasteiger partial charge in [0.15, 0.2) is 0 Å². The highest BCUT2D eigenvalue weighted by molar-refractivity contribution is 9.10. The summed E-state index contributed by atoms with van der Waals surface area (Å²) in [7, 11) is 0. The molecule has 0 fully saturated rings. The molecule has 0 aliphatic rings. The van der Waals surface area contributed by atoms with Gasteiger partial charge in [-0.1, -0.05) is 17.7 Å². The maximum atomic E-state index is 10.9. The van der Waals surface area contributed by atoms with E-state index >= 15 is 0 Å². The van der Waals surface area contributed by atoms with Gasteiger partial charge in [-0.15, -0.1) is 0 Å². The van der Waals surface area contributed by atoms with Gasteiger partial charge in [-0.3, -0.25) is 9.69 Å². The Balaban J connectivity index is 2.89. The Morgan fingerprint density at radius 2 is 2.06 bits per heavy atom. The maximum Gasteiger partial charge on any atom is 0.317 e. The van der Waals surface area contributed by atoms with E-state index in [2.05, 4.69) is 15.9 Å². The second kappa shape index (κ2) is 6.04. The van der Waals surface area contributed by atoms with Crippen LogP contribution < -0.4 is 0 Å². The number of carbonyl (C=O) groups is 1. The zero-order valence-corrected chi connectivity index (χ0v) is 13.0. The Labute approximate surface area is 121 Å². The first-order chi connectivity index (χ1) is 8.20. The molecule has 1 aromatic rings. The van der Waals surface area contributed by atoms with Gasteiger partial charge in [0.05, 0.1) is 11.6 Å². The summed E-state index contributed by atoms with van der Waals surface area (Å²) in [6.45, 7) is 6.60. The number of carboxylic acid groups (broad SMARTS) is 1. The lowest BCUT2D eigenvalue weighted by Crippen LogP contribution is -2.43. The van der Waals surface area contributed by atoms with E-state index in [-0.39, 0.29) is 12.1 Å². The summed E-state index contributed by atoms with van der Waals surface area (Å²) >= 11 is 9.31. The number of halogens is 2. The summed E-state index contributed by atoms with van der Waals surface area (Å²) in [6.07, 6.45) is 0. The molecule has 1 rings (SSSR count). The average molecular weight is 335 g/mol. The Bertz CT molecular complexity index is 443. The number of nitrogens with zero attached hydrogens (tertiary/aromatic N) is 1. The fourth-order valence-electron chi connectivity index (χ4n) is 1.55. The van der Waals surface area contributed by atoms with Crippen molar-refractivity contribution in [1.82, 2.24) is 4.90 Å². The van der Waals surface area contributed by atoms with Crippen LogP contribution in [0.15, 0.2) is 22.7 Å². The number of carboxylic acids is 1. The van der Waals surface area contributed by atoms with Gasteiger partial charge in [0.25, 0.3) is 0 Å². The Kier molecular flexibility index (Phi) is 5.20. The molecule has 0 aromatic heterocycles. The van der Waals surface area contributed by atoms with Crippen molar-refractivity contribution in [3.63, 3.8) is 0 Å². The third kappa shape index (κ3) is 4.59. The Morgan fingerprint density at radius 3 is 2.50 bits per heavy atom. The van der Waals surface area contributed by atoms with E-state index in [1.165, 1.54) is 0 Å². The molecule has 1 N–H and O–H groups in total. The highest BCUT2D eigenvalue weighted by atomic mass is 79.9. The van der Waals surface area contributed by atoms with E-state index in [1.54, 1.807) is 0 Å². The third-order valence-electron chi connectivity index (χ3n) is 2.63. The predicted molar refractivity (Wildman–Crippen MR) is 77.0 cm³/mol. The number of rotatable bonds is 4. The van der Waals surface area contributed by atoms with E-state index in [4.69, 9.17) is 16.7 Å². The summed E-state index contributed by atoms with van der Waals surface area (Å²) in [4.78, 5) is 12.8. The summed E-state index contributed by atoms with van der Waals surface area (Å²) in [5.74, 6) is -0.821. The van der Waals surface area contributed by atoms with Crippen molar-refractivity contribution in [3.05, 3.63) is 33.3 Å². The first kappa shape index (κ1) is 15.5. The highest BCUT2D eigenvalue weighted by Gasteiger charge is 2.23. The number of hydrogen-bond donors (Lipinski definition) is 1. The molecule has 1 aromatic carbocycles. The fraction of sp³-hybridized carbons (Fsp3) is 0.462. The van der Waals surface area contributed by atoms with Crippen LogP contribution in [0.1, 0.15) is 26.3 Å². The molecule has 0 aliphatic carbocycles. The van der Waals surface area contributed by atoms with Crippen LogP contribution in [-0.2, 0) is 11.3 Å². The van der Waals surface area contributed by atoms with Crippen LogP contribution in [0.4, 0.5) is 0 Å². The summed E-state index contributed by atoms with van der Waals surface area (Å²) in [6, 6.07) is 5.64. The Morgan fingerprint density at radius 1 is 1.44 bits per heavy atom. The van der Waals surface area contributed by atoms with E-state index in [0.717, 1.165) is 10.0 Å². The van der Waals surface area contributed by atoms with Crippen LogP contribution in [0.5, 0.6) is 0 Å². The molecule has 18 heavy (non-hydrogen) atoms. The molecule has 0 saturated heterocycles.